The highest BCUT2D eigenvalue weighted by Gasteiger charge is 2.29. The van der Waals surface area contributed by atoms with E-state index in [1.165, 1.54) is 7.06 Å². The minimum atomic E-state index is -0.648. The first-order chi connectivity index (χ1) is 30.3. The average Bonchev–Trinajstić information content (AvgIpc) is 3.69. The summed E-state index contributed by atoms with van der Waals surface area (Å²) in [5.41, 5.74) is 8.14. The Kier molecular flexibility index (Phi) is 22.9. The summed E-state index contributed by atoms with van der Waals surface area (Å²) in [6, 6.07) is 25.3. The molecule has 13 radical (unpaired) electrons. The van der Waals surface area contributed by atoms with Crippen LogP contribution in [0.4, 0.5) is 0 Å². The molecule has 0 spiro atoms. The first-order valence-corrected chi connectivity index (χ1v) is 22.0. The molecule has 0 saturated heterocycles. The lowest BCUT2D eigenvalue weighted by atomic mass is 8.56. The smallest absolute Gasteiger partial charge is 0.262 e. The van der Waals surface area contributed by atoms with E-state index < -0.39 is 19.2 Å². The van der Waals surface area contributed by atoms with Gasteiger partial charge in [0.2, 0.25) is 5.82 Å². The van der Waals surface area contributed by atoms with Gasteiger partial charge >= 0.3 is 0 Å². The van der Waals surface area contributed by atoms with Gasteiger partial charge in [0, 0.05) is 101 Å². The molecule has 8 nitrogen and oxygen atoms in total. The van der Waals surface area contributed by atoms with Crippen LogP contribution in [-0.2, 0) is 21.7 Å². The molecule has 0 unspecified atom stereocenters. The van der Waals surface area contributed by atoms with E-state index in [-0.39, 0.29) is 52.1 Å². The van der Waals surface area contributed by atoms with E-state index in [1.807, 2.05) is 89.2 Å². The number of phenolic OH excluding ortho intramolecular Hbond substituents is 2. The molecule has 0 bridgehead atoms. The maximum absolute atomic E-state index is 11.0. The van der Waals surface area contributed by atoms with Crippen molar-refractivity contribution >= 4 is 95.8 Å². The van der Waals surface area contributed by atoms with Crippen molar-refractivity contribution in [2.45, 2.75) is 126 Å². The molecular formula is C47H61B11ClN4O4. The van der Waals surface area contributed by atoms with Gasteiger partial charge in [-0.25, -0.2) is 0 Å². The second kappa shape index (κ2) is 25.3. The van der Waals surface area contributed by atoms with Crippen LogP contribution in [0.3, 0.4) is 0 Å². The molecule has 1 heterocycles. The molecule has 0 saturated carbocycles. The molecule has 0 aliphatic heterocycles. The van der Waals surface area contributed by atoms with Crippen molar-refractivity contribution in [3.05, 3.63) is 117 Å². The summed E-state index contributed by atoms with van der Waals surface area (Å²) in [6.07, 6.45) is -2.15. The molecular weight excluding hydrogens is 839 g/mol. The normalized spacial score (nSPS) is 11.4. The molecule has 0 atom stereocenters. The zero-order valence-corrected chi connectivity index (χ0v) is 42.0. The van der Waals surface area contributed by atoms with Crippen molar-refractivity contribution in [2.75, 3.05) is 0 Å². The highest BCUT2D eigenvalue weighted by atomic mass is 35.5. The Morgan fingerprint density at radius 2 is 1.16 bits per heavy atom. The number of phenols is 2. The van der Waals surface area contributed by atoms with E-state index in [2.05, 4.69) is 89.7 Å². The Morgan fingerprint density at radius 1 is 0.701 bits per heavy atom. The number of aromatic nitrogens is 2. The third kappa shape index (κ3) is 17.2. The molecule has 0 aliphatic rings. The van der Waals surface area contributed by atoms with Crippen LogP contribution in [0.2, 0.25) is 0 Å². The van der Waals surface area contributed by atoms with Crippen LogP contribution < -0.4 is 0 Å². The number of hydrogen-bond donors (Lipinski definition) is 3. The Morgan fingerprint density at radius 3 is 1.57 bits per heavy atom. The fraction of sp³-hybridized carbons (Fsp3) is 0.404. The largest absolute Gasteiger partial charge is 0.507 e. The third-order valence-electron chi connectivity index (χ3n) is 10.7. The summed E-state index contributed by atoms with van der Waals surface area (Å²) >= 11 is 5.60. The molecule has 5 aromatic rings. The Bertz CT molecular complexity index is 2440. The molecule has 67 heavy (non-hydrogen) atoms. The maximum atomic E-state index is 11.0. The topological polar surface area (TPSA) is 136 Å². The number of nitriles is 1. The second-order valence-corrected chi connectivity index (χ2v) is 20.8. The molecule has 4 aromatic carbocycles. The predicted octanol–water partition coefficient (Wildman–Crippen LogP) is 8.69. The molecule has 0 amide bonds. The monoisotopic (exact) mass is 902 g/mol. The van der Waals surface area contributed by atoms with E-state index in [0.717, 1.165) is 44.5 Å². The lowest BCUT2D eigenvalue weighted by Crippen LogP contribution is -2.63. The number of oxime groups is 1. The van der Waals surface area contributed by atoms with E-state index in [9.17, 15) is 10.2 Å². The summed E-state index contributed by atoms with van der Waals surface area (Å²) in [6.45, 7) is 29.1. The first kappa shape index (κ1) is 60.6. The zero-order valence-electron chi connectivity index (χ0n) is 41.2. The minimum Gasteiger partial charge on any atom is -0.507 e. The van der Waals surface area contributed by atoms with Crippen LogP contribution in [0.5, 0.6) is 11.5 Å². The van der Waals surface area contributed by atoms with Crippen LogP contribution >= 0.6 is 11.6 Å². The average molecular weight is 900 g/mol. The van der Waals surface area contributed by atoms with Gasteiger partial charge in [0.25, 0.3) is 5.89 Å². The van der Waals surface area contributed by atoms with E-state index in [4.69, 9.17) is 73.0 Å². The molecule has 333 valence electrons. The van der Waals surface area contributed by atoms with Crippen LogP contribution in [0, 0.1) is 25.2 Å². The molecule has 0 aliphatic carbocycles. The van der Waals surface area contributed by atoms with Crippen LogP contribution in [0.15, 0.2) is 82.5 Å². The molecule has 1 aromatic heterocycles. The van der Waals surface area contributed by atoms with Gasteiger partial charge < -0.3 is 19.9 Å². The van der Waals surface area contributed by atoms with Crippen LogP contribution in [0.25, 0.3) is 22.8 Å². The number of nitrogens with zero attached hydrogens (tertiary/aromatic N) is 4. The fourth-order valence-electron chi connectivity index (χ4n) is 6.55. The van der Waals surface area contributed by atoms with Crippen molar-refractivity contribution < 1.29 is 19.9 Å². The molecule has 3 N–H and O–H groups in total. The standard InChI is InChI=1S/C23H28N2O2.C15H21NO.C8H8ClNO.CH4.B11/c1-14-10-8-9-11-16(14)20-24-21(27-25-20)17-12-15(22(2,3)4)13-18(19(17)26)23(5,6)7;1-14(2,3)11-7-10(9-16)13(17)12(8-11)15(4,5)6;1-6-4-2-3-5-7(6)8(9)10-11;;1-7-10(6)11(8(2)3)9(4)5/h8-13,26H,1-7H3;7-8,17H,1-6H3;2-5,11H,1H3;1H4;/b;;10-8-;;. The third-order valence-corrected chi connectivity index (χ3v) is 11.0. The number of rotatable bonds is 7. The Balaban J connectivity index is 0.000000482. The van der Waals surface area contributed by atoms with E-state index >= 15 is 0 Å². The number of benzene rings is 4. The second-order valence-electron chi connectivity index (χ2n) is 20.4. The van der Waals surface area contributed by atoms with Crippen molar-refractivity contribution in [3.8, 4) is 40.4 Å². The van der Waals surface area contributed by atoms with Gasteiger partial charge in [-0.15, -0.1) is 0 Å². The van der Waals surface area contributed by atoms with Gasteiger partial charge in [0.05, 0.1) is 11.1 Å². The number of halogens is 1. The van der Waals surface area contributed by atoms with Gasteiger partial charge in [0.1, 0.15) is 17.6 Å². The van der Waals surface area contributed by atoms with Gasteiger partial charge in [0.15, 0.2) is 5.17 Å². The summed E-state index contributed by atoms with van der Waals surface area (Å²) in [5.74, 6) is 1.19. The van der Waals surface area contributed by atoms with E-state index in [1.54, 1.807) is 12.1 Å². The van der Waals surface area contributed by atoms with Gasteiger partial charge in [-0.1, -0.05) is 173 Å². The van der Waals surface area contributed by atoms with Crippen molar-refractivity contribution in [1.29, 1.82) is 5.26 Å². The Labute approximate surface area is 417 Å². The lowest BCUT2D eigenvalue weighted by Gasteiger charge is -2.26. The number of hydrogen-bond acceptors (Lipinski definition) is 8. The van der Waals surface area contributed by atoms with Crippen LogP contribution in [-0.4, -0.2) is 110 Å². The molecule has 0 fully saturated rings. The quantitative estimate of drug-likeness (QED) is 0.0644. The predicted molar refractivity (Wildman–Crippen MR) is 295 cm³/mol. The maximum Gasteiger partial charge on any atom is 0.262 e. The summed E-state index contributed by atoms with van der Waals surface area (Å²) in [5, 5.41) is 45.7. The zero-order chi connectivity index (χ0) is 50.7. The molecule has 5 rings (SSSR count). The SMILES string of the molecule is C.CC(C)(C)c1cc(C#N)c(O)c(C(C)(C)C)c1.Cc1ccccc1-c1noc(-c2cc(C(C)(C)C)cc(C(C)(C)C)c2O)n1.Cc1ccccc1/C(Cl)=N/O.[B][B]B([B])B(B([B])[B])B([B])[B]. The molecule has 20 heteroatoms. The Hall–Kier alpha value is -4.42. The van der Waals surface area contributed by atoms with Crippen molar-refractivity contribution in [1.82, 2.24) is 10.1 Å². The van der Waals surface area contributed by atoms with Gasteiger partial charge in [-0.05, 0) is 69.9 Å². The van der Waals surface area contributed by atoms with E-state index in [0.29, 0.717) is 22.8 Å². The summed E-state index contributed by atoms with van der Waals surface area (Å²) in [7, 11) is 33.5. The van der Waals surface area contributed by atoms with Crippen molar-refractivity contribution in [2.24, 2.45) is 5.16 Å². The fourth-order valence-corrected chi connectivity index (χ4v) is 6.76. The lowest BCUT2D eigenvalue weighted by molar-refractivity contribution is 0.321. The number of aryl methyl sites for hydroxylation is 2. The highest BCUT2D eigenvalue weighted by Crippen LogP contribution is 2.42. The summed E-state index contributed by atoms with van der Waals surface area (Å²) < 4.78 is 5.56. The van der Waals surface area contributed by atoms with Gasteiger partial charge in [-0.3, -0.25) is 0 Å². The minimum absolute atomic E-state index is 0. The number of aromatic hydroxyl groups is 2. The van der Waals surface area contributed by atoms with Crippen molar-refractivity contribution in [3.63, 3.8) is 0 Å². The summed E-state index contributed by atoms with van der Waals surface area (Å²) in [4.78, 5) is 4.58. The van der Waals surface area contributed by atoms with Crippen LogP contribution in [0.1, 0.15) is 135 Å². The highest BCUT2D eigenvalue weighted by molar-refractivity contribution is 8.02. The first-order valence-electron chi connectivity index (χ1n) is 21.6. The van der Waals surface area contributed by atoms with Gasteiger partial charge in [-0.2, -0.15) is 10.2 Å².